The summed E-state index contributed by atoms with van der Waals surface area (Å²) in [4.78, 5) is 22.4. The Hall–Kier alpha value is -4.11. The smallest absolute Gasteiger partial charge is 0.416 e. The van der Waals surface area contributed by atoms with Crippen LogP contribution in [0, 0.1) is 11.3 Å². The summed E-state index contributed by atoms with van der Waals surface area (Å²) in [6.45, 7) is 0.888. The van der Waals surface area contributed by atoms with Crippen molar-refractivity contribution >= 4 is 28.2 Å². The van der Waals surface area contributed by atoms with Crippen molar-refractivity contribution in [3.8, 4) is 11.8 Å². The first-order valence-corrected chi connectivity index (χ1v) is 12.2. The van der Waals surface area contributed by atoms with E-state index in [0.29, 0.717) is 17.9 Å². The minimum absolute atomic E-state index is 0.0243. The zero-order valence-electron chi connectivity index (χ0n) is 19.3. The number of ether oxygens (including phenoxy) is 1. The highest BCUT2D eigenvalue weighted by atomic mass is 32.1. The van der Waals surface area contributed by atoms with Crippen molar-refractivity contribution < 1.29 is 27.5 Å². The number of anilines is 1. The Morgan fingerprint density at radius 1 is 1.24 bits per heavy atom. The van der Waals surface area contributed by atoms with E-state index in [1.165, 1.54) is 18.3 Å². The number of halogens is 3. The highest BCUT2D eigenvalue weighted by Crippen LogP contribution is 2.34. The Morgan fingerprint density at radius 3 is 2.92 bits per heavy atom. The number of fused-ring (bicyclic) bond motifs is 1. The average Bonchev–Trinajstić information content (AvgIpc) is 3.63. The van der Waals surface area contributed by atoms with Crippen molar-refractivity contribution in [2.45, 2.75) is 31.5 Å². The van der Waals surface area contributed by atoms with E-state index in [1.807, 2.05) is 18.2 Å². The molecule has 0 fully saturated rings. The Kier molecular flexibility index (Phi) is 6.71. The predicted octanol–water partition coefficient (Wildman–Crippen LogP) is 4.87. The van der Waals surface area contributed by atoms with Crippen LogP contribution in [-0.4, -0.2) is 36.0 Å². The first-order valence-electron chi connectivity index (χ1n) is 11.4. The van der Waals surface area contributed by atoms with Crippen LogP contribution in [0.15, 0.2) is 47.8 Å². The third-order valence-corrected chi connectivity index (χ3v) is 6.84. The Labute approximate surface area is 213 Å². The minimum atomic E-state index is -4.59. The summed E-state index contributed by atoms with van der Waals surface area (Å²) in [5, 5.41) is 18.6. The molecule has 1 unspecified atom stereocenters. The number of alkyl halides is 3. The number of nitriles is 1. The first-order chi connectivity index (χ1) is 17.8. The topological polar surface area (TPSA) is 109 Å². The second-order valence-corrected chi connectivity index (χ2v) is 9.63. The molecule has 2 N–H and O–H groups in total. The van der Waals surface area contributed by atoms with Crippen LogP contribution in [0.3, 0.4) is 0 Å². The minimum Gasteiger partial charge on any atom is -0.493 e. The van der Waals surface area contributed by atoms with Gasteiger partial charge in [0, 0.05) is 30.3 Å². The number of hydrogen-bond acceptors (Lipinski definition) is 7. The van der Waals surface area contributed by atoms with Crippen molar-refractivity contribution in [2.24, 2.45) is 5.16 Å². The van der Waals surface area contributed by atoms with Gasteiger partial charge in [-0.3, -0.25) is 5.32 Å². The number of oxime groups is 1. The molecular weight excluding hydrogens is 507 g/mol. The second-order valence-electron chi connectivity index (χ2n) is 8.52. The van der Waals surface area contributed by atoms with Gasteiger partial charge in [-0.1, -0.05) is 11.2 Å². The van der Waals surface area contributed by atoms with E-state index in [0.717, 1.165) is 46.4 Å². The van der Waals surface area contributed by atoms with Gasteiger partial charge in [0.2, 0.25) is 0 Å². The summed E-state index contributed by atoms with van der Waals surface area (Å²) >= 11 is 1.07. The van der Waals surface area contributed by atoms with Crippen LogP contribution in [0.5, 0.6) is 5.75 Å². The molecule has 37 heavy (non-hydrogen) atoms. The van der Waals surface area contributed by atoms with Gasteiger partial charge >= 0.3 is 12.2 Å². The molecule has 0 bridgehead atoms. The van der Waals surface area contributed by atoms with E-state index in [2.05, 4.69) is 20.8 Å². The average molecular weight is 528 g/mol. The van der Waals surface area contributed by atoms with Crippen molar-refractivity contribution in [3.05, 3.63) is 75.3 Å². The highest BCUT2D eigenvalue weighted by Gasteiger charge is 2.33. The van der Waals surface area contributed by atoms with Gasteiger partial charge < -0.3 is 14.9 Å². The monoisotopic (exact) mass is 527 g/mol. The number of amides is 2. The summed E-state index contributed by atoms with van der Waals surface area (Å²) in [6.07, 6.45) is -2.14. The van der Waals surface area contributed by atoms with Crippen molar-refractivity contribution in [2.75, 3.05) is 18.5 Å². The molecule has 1 aromatic heterocycles. The number of nitrogens with one attached hydrogen (secondary N) is 2. The molecule has 3 aromatic rings. The normalized spacial score (nSPS) is 16.3. The van der Waals surface area contributed by atoms with E-state index in [1.54, 1.807) is 6.07 Å². The Morgan fingerprint density at radius 2 is 2.11 bits per heavy atom. The lowest BCUT2D eigenvalue weighted by atomic mass is 10.0. The molecular formula is C25H20F3N5O3S. The first kappa shape index (κ1) is 24.6. The standard InChI is InChI=1S/C25H20F3N5O3S/c26-25(27,28)20-7-14(11-29)1-2-15(20)9-19-13-31-24(37-19)32-23(34)30-12-18-10-21(33-36-18)16-3-4-22-17(8-16)5-6-35-22/h1-4,7-8,13,18H,5-6,9-10,12H2,(H2,30,31,32,34). The molecule has 3 heterocycles. The van der Waals surface area contributed by atoms with Gasteiger partial charge in [0.25, 0.3) is 0 Å². The van der Waals surface area contributed by atoms with Crippen LogP contribution in [0.1, 0.15) is 39.1 Å². The third kappa shape index (κ3) is 5.67. The van der Waals surface area contributed by atoms with Crippen LogP contribution < -0.4 is 15.4 Å². The summed E-state index contributed by atoms with van der Waals surface area (Å²) in [5.74, 6) is 0.890. The number of benzene rings is 2. The quantitative estimate of drug-likeness (QED) is 0.475. The zero-order chi connectivity index (χ0) is 26.0. The van der Waals surface area contributed by atoms with Gasteiger partial charge in [-0.05, 0) is 47.0 Å². The summed E-state index contributed by atoms with van der Waals surface area (Å²) in [5.41, 5.74) is 1.99. The van der Waals surface area contributed by atoms with E-state index in [4.69, 9.17) is 14.8 Å². The number of urea groups is 1. The lowest BCUT2D eigenvalue weighted by Gasteiger charge is -2.12. The van der Waals surface area contributed by atoms with Gasteiger partial charge in [-0.2, -0.15) is 18.4 Å². The molecule has 0 aliphatic carbocycles. The van der Waals surface area contributed by atoms with Gasteiger partial charge in [0.15, 0.2) is 11.2 Å². The van der Waals surface area contributed by atoms with Crippen LogP contribution in [0.4, 0.5) is 23.1 Å². The second kappa shape index (κ2) is 10.1. The molecule has 190 valence electrons. The fraction of sp³-hybridized carbons (Fsp3) is 0.280. The maximum Gasteiger partial charge on any atom is 0.416 e. The van der Waals surface area contributed by atoms with E-state index in [9.17, 15) is 18.0 Å². The van der Waals surface area contributed by atoms with Crippen molar-refractivity contribution in [1.29, 1.82) is 5.26 Å². The summed E-state index contributed by atoms with van der Waals surface area (Å²) in [7, 11) is 0. The van der Waals surface area contributed by atoms with Crippen LogP contribution in [-0.2, 0) is 23.9 Å². The molecule has 0 radical (unpaired) electrons. The van der Waals surface area contributed by atoms with Crippen LogP contribution >= 0.6 is 11.3 Å². The lowest BCUT2D eigenvalue weighted by molar-refractivity contribution is -0.138. The van der Waals surface area contributed by atoms with Crippen LogP contribution in [0.2, 0.25) is 0 Å². The fourth-order valence-corrected chi connectivity index (χ4v) is 4.95. The van der Waals surface area contributed by atoms with E-state index < -0.39 is 17.8 Å². The van der Waals surface area contributed by atoms with Gasteiger partial charge in [0.1, 0.15) is 5.75 Å². The maximum absolute atomic E-state index is 13.4. The Balaban J connectivity index is 1.13. The molecule has 2 aliphatic rings. The lowest BCUT2D eigenvalue weighted by Crippen LogP contribution is -2.35. The summed E-state index contributed by atoms with van der Waals surface area (Å²) < 4.78 is 45.8. The molecule has 2 aliphatic heterocycles. The largest absolute Gasteiger partial charge is 0.493 e. The Bertz CT molecular complexity index is 1410. The summed E-state index contributed by atoms with van der Waals surface area (Å²) in [6, 6.07) is 10.6. The predicted molar refractivity (Wildman–Crippen MR) is 130 cm³/mol. The number of hydrogen-bond donors (Lipinski definition) is 2. The molecule has 2 aromatic carbocycles. The van der Waals surface area contributed by atoms with Gasteiger partial charge in [0.05, 0.1) is 36.1 Å². The van der Waals surface area contributed by atoms with E-state index >= 15 is 0 Å². The fourth-order valence-electron chi connectivity index (χ4n) is 4.12. The van der Waals surface area contributed by atoms with Crippen LogP contribution in [0.25, 0.3) is 0 Å². The maximum atomic E-state index is 13.4. The number of carbonyl (C=O) groups excluding carboxylic acids is 1. The van der Waals surface area contributed by atoms with Crippen molar-refractivity contribution in [3.63, 3.8) is 0 Å². The molecule has 1 atom stereocenters. The molecule has 0 saturated heterocycles. The molecule has 0 saturated carbocycles. The third-order valence-electron chi connectivity index (χ3n) is 5.93. The SMILES string of the molecule is N#Cc1ccc(Cc2cnc(NC(=O)NCC3CC(c4ccc5c(c4)CCO5)=NO3)s2)c(C(F)(F)F)c1. The molecule has 2 amide bonds. The van der Waals surface area contributed by atoms with Crippen molar-refractivity contribution in [1.82, 2.24) is 10.3 Å². The number of carbonyl (C=O) groups is 1. The number of rotatable bonds is 6. The molecule has 12 heteroatoms. The van der Waals surface area contributed by atoms with Gasteiger partial charge in [-0.15, -0.1) is 11.3 Å². The highest BCUT2D eigenvalue weighted by molar-refractivity contribution is 7.15. The van der Waals surface area contributed by atoms with E-state index in [-0.39, 0.29) is 35.3 Å². The number of thiazole rings is 1. The number of nitrogens with zero attached hydrogens (tertiary/aromatic N) is 3. The molecule has 8 nitrogen and oxygen atoms in total. The molecule has 5 rings (SSSR count). The van der Waals surface area contributed by atoms with Gasteiger partial charge in [-0.25, -0.2) is 9.78 Å². The molecule has 0 spiro atoms. The number of aromatic nitrogens is 1. The zero-order valence-corrected chi connectivity index (χ0v) is 20.1.